The molecule has 1 atom stereocenters. The number of aliphatic hydroxyl groups is 1. The largest absolute Gasteiger partial charge is 0.494 e. The molecule has 2 aromatic rings. The van der Waals surface area contributed by atoms with E-state index in [1.54, 1.807) is 4.90 Å². The second-order valence-electron chi connectivity index (χ2n) is 5.73. The summed E-state index contributed by atoms with van der Waals surface area (Å²) in [5.74, 6) is 0.774. The highest BCUT2D eigenvalue weighted by Gasteiger charge is 2.30. The Hall–Kier alpha value is -2.53. The topological polar surface area (TPSA) is 61.8 Å². The third-order valence-electron chi connectivity index (χ3n) is 4.26. The number of carbonyl (C=O) groups is 1. The van der Waals surface area contributed by atoms with Crippen LogP contribution >= 0.6 is 0 Å². The minimum absolute atomic E-state index is 0.0896. The molecule has 24 heavy (non-hydrogen) atoms. The lowest BCUT2D eigenvalue weighted by atomic mass is 9.93. The summed E-state index contributed by atoms with van der Waals surface area (Å²) >= 11 is 0. The van der Waals surface area contributed by atoms with E-state index < -0.39 is 0 Å². The van der Waals surface area contributed by atoms with Crippen LogP contribution in [-0.4, -0.2) is 35.8 Å². The van der Waals surface area contributed by atoms with Crippen LogP contribution in [-0.2, 0) is 6.42 Å². The molecule has 0 saturated heterocycles. The van der Waals surface area contributed by atoms with Gasteiger partial charge in [0.2, 0.25) is 0 Å². The van der Waals surface area contributed by atoms with Crippen LogP contribution < -0.4 is 10.1 Å². The number of fused-ring (bicyclic) bond motifs is 1. The Morgan fingerprint density at radius 1 is 1.25 bits per heavy atom. The first-order valence-corrected chi connectivity index (χ1v) is 8.22. The lowest BCUT2D eigenvalue weighted by molar-refractivity contribution is 0.135. The van der Waals surface area contributed by atoms with E-state index in [-0.39, 0.29) is 18.7 Å². The van der Waals surface area contributed by atoms with E-state index in [0.29, 0.717) is 18.8 Å². The number of hydrogen-bond donors (Lipinski definition) is 2. The van der Waals surface area contributed by atoms with Gasteiger partial charge in [0.1, 0.15) is 5.75 Å². The van der Waals surface area contributed by atoms with Crippen LogP contribution in [0, 0.1) is 0 Å². The van der Waals surface area contributed by atoms with Gasteiger partial charge in [-0.25, -0.2) is 4.79 Å². The molecule has 1 unspecified atom stereocenters. The van der Waals surface area contributed by atoms with Crippen molar-refractivity contribution in [2.24, 2.45) is 0 Å². The Bertz CT molecular complexity index is 700. The summed E-state index contributed by atoms with van der Waals surface area (Å²) in [4.78, 5) is 14.3. The predicted molar refractivity (Wildman–Crippen MR) is 93.3 cm³/mol. The average Bonchev–Trinajstić information content (AvgIpc) is 2.62. The molecule has 0 fully saturated rings. The van der Waals surface area contributed by atoms with Crippen molar-refractivity contribution in [2.75, 3.05) is 25.1 Å². The number of nitrogens with one attached hydrogen (secondary N) is 1. The summed E-state index contributed by atoms with van der Waals surface area (Å²) in [5.41, 5.74) is 2.92. The minimum atomic E-state index is -0.308. The summed E-state index contributed by atoms with van der Waals surface area (Å²) in [6.45, 7) is 3.04. The quantitative estimate of drug-likeness (QED) is 0.907. The maximum atomic E-state index is 12.6. The molecule has 0 bridgehead atoms. The third kappa shape index (κ3) is 3.36. The fraction of sp³-hybridized carbons (Fsp3) is 0.316. The van der Waals surface area contributed by atoms with E-state index in [1.165, 1.54) is 5.56 Å². The van der Waals surface area contributed by atoms with Crippen LogP contribution in [0.2, 0.25) is 0 Å². The van der Waals surface area contributed by atoms with Crippen molar-refractivity contribution in [1.29, 1.82) is 0 Å². The highest BCUT2D eigenvalue weighted by Crippen LogP contribution is 2.29. The van der Waals surface area contributed by atoms with Gasteiger partial charge in [-0.2, -0.15) is 0 Å². The Balaban J connectivity index is 1.73. The van der Waals surface area contributed by atoms with Gasteiger partial charge < -0.3 is 20.1 Å². The number of aliphatic hydroxyl groups excluding tert-OH is 1. The molecule has 0 aromatic heterocycles. The molecule has 5 heteroatoms. The summed E-state index contributed by atoms with van der Waals surface area (Å²) in [5, 5.41) is 12.7. The van der Waals surface area contributed by atoms with E-state index in [1.807, 2.05) is 49.4 Å². The van der Waals surface area contributed by atoms with Crippen molar-refractivity contribution >= 4 is 11.7 Å². The standard InChI is InChI=1S/C19H22N2O3/c1-2-24-16-9-7-15(8-10-16)20-19(23)21-12-11-14-5-3-4-6-17(14)18(21)13-22/h3-10,18,22H,2,11-13H2,1H3,(H,20,23). The van der Waals surface area contributed by atoms with Crippen molar-refractivity contribution < 1.29 is 14.6 Å². The molecule has 1 aliphatic rings. The van der Waals surface area contributed by atoms with Gasteiger partial charge in [-0.1, -0.05) is 24.3 Å². The summed E-state index contributed by atoms with van der Waals surface area (Å²) < 4.78 is 5.40. The SMILES string of the molecule is CCOc1ccc(NC(=O)N2CCc3ccccc3C2CO)cc1. The van der Waals surface area contributed by atoms with E-state index in [4.69, 9.17) is 4.74 Å². The zero-order valence-corrected chi connectivity index (χ0v) is 13.7. The molecule has 1 heterocycles. The number of carbonyl (C=O) groups excluding carboxylic acids is 1. The van der Waals surface area contributed by atoms with Crippen molar-refractivity contribution in [3.05, 3.63) is 59.7 Å². The van der Waals surface area contributed by atoms with Gasteiger partial charge in [-0.05, 0) is 48.7 Å². The maximum absolute atomic E-state index is 12.6. The van der Waals surface area contributed by atoms with Gasteiger partial charge in [-0.3, -0.25) is 0 Å². The monoisotopic (exact) mass is 326 g/mol. The number of hydrogen-bond acceptors (Lipinski definition) is 3. The molecule has 3 rings (SSSR count). The molecule has 0 aliphatic carbocycles. The summed E-state index contributed by atoms with van der Waals surface area (Å²) in [6, 6.07) is 14.7. The first kappa shape index (κ1) is 16.3. The smallest absolute Gasteiger partial charge is 0.322 e. The van der Waals surface area contributed by atoms with Crippen molar-refractivity contribution in [3.63, 3.8) is 0 Å². The molecule has 0 radical (unpaired) electrons. The van der Waals surface area contributed by atoms with Crippen LogP contribution in [0.25, 0.3) is 0 Å². The number of ether oxygens (including phenoxy) is 1. The Morgan fingerprint density at radius 3 is 2.71 bits per heavy atom. The van der Waals surface area contributed by atoms with Crippen LogP contribution in [0.15, 0.2) is 48.5 Å². The van der Waals surface area contributed by atoms with Crippen molar-refractivity contribution in [3.8, 4) is 5.75 Å². The number of rotatable bonds is 4. The molecule has 0 saturated carbocycles. The predicted octanol–water partition coefficient (Wildman–Crippen LogP) is 3.21. The molecule has 2 amide bonds. The molecule has 2 aromatic carbocycles. The van der Waals surface area contributed by atoms with Gasteiger partial charge in [-0.15, -0.1) is 0 Å². The summed E-state index contributed by atoms with van der Waals surface area (Å²) in [7, 11) is 0. The van der Waals surface area contributed by atoms with Crippen molar-refractivity contribution in [1.82, 2.24) is 4.90 Å². The van der Waals surface area contributed by atoms with E-state index in [0.717, 1.165) is 17.7 Å². The average molecular weight is 326 g/mol. The number of benzene rings is 2. The molecule has 5 nitrogen and oxygen atoms in total. The zero-order valence-electron chi connectivity index (χ0n) is 13.7. The first-order chi connectivity index (χ1) is 11.7. The third-order valence-corrected chi connectivity index (χ3v) is 4.26. The van der Waals surface area contributed by atoms with E-state index in [2.05, 4.69) is 11.4 Å². The molecule has 1 aliphatic heterocycles. The van der Waals surface area contributed by atoms with Crippen LogP contribution in [0.3, 0.4) is 0 Å². The number of amides is 2. The molecule has 0 spiro atoms. The second kappa shape index (κ2) is 7.36. The normalized spacial score (nSPS) is 16.4. The lowest BCUT2D eigenvalue weighted by Gasteiger charge is -2.36. The Kier molecular flexibility index (Phi) is 5.01. The Morgan fingerprint density at radius 2 is 2.00 bits per heavy atom. The molecule has 2 N–H and O–H groups in total. The Labute approximate surface area is 141 Å². The van der Waals surface area contributed by atoms with Gasteiger partial charge >= 0.3 is 6.03 Å². The van der Waals surface area contributed by atoms with Crippen LogP contribution in [0.5, 0.6) is 5.75 Å². The number of nitrogens with zero attached hydrogens (tertiary/aromatic N) is 1. The number of anilines is 1. The zero-order chi connectivity index (χ0) is 16.9. The highest BCUT2D eigenvalue weighted by molar-refractivity contribution is 5.90. The molecular weight excluding hydrogens is 304 g/mol. The van der Waals surface area contributed by atoms with Crippen LogP contribution in [0.1, 0.15) is 24.1 Å². The van der Waals surface area contributed by atoms with Gasteiger partial charge in [0.15, 0.2) is 0 Å². The highest BCUT2D eigenvalue weighted by atomic mass is 16.5. The second-order valence-corrected chi connectivity index (χ2v) is 5.73. The maximum Gasteiger partial charge on any atom is 0.322 e. The van der Waals surface area contributed by atoms with E-state index >= 15 is 0 Å². The molecular formula is C19H22N2O3. The van der Waals surface area contributed by atoms with Gasteiger partial charge in [0, 0.05) is 12.2 Å². The first-order valence-electron chi connectivity index (χ1n) is 8.22. The number of urea groups is 1. The van der Waals surface area contributed by atoms with E-state index in [9.17, 15) is 9.90 Å². The van der Waals surface area contributed by atoms with Crippen molar-refractivity contribution in [2.45, 2.75) is 19.4 Å². The fourth-order valence-corrected chi connectivity index (χ4v) is 3.09. The minimum Gasteiger partial charge on any atom is -0.494 e. The summed E-state index contributed by atoms with van der Waals surface area (Å²) in [6.07, 6.45) is 0.795. The fourth-order valence-electron chi connectivity index (χ4n) is 3.09. The molecule has 126 valence electrons. The van der Waals surface area contributed by atoms with Gasteiger partial charge in [0.05, 0.1) is 19.3 Å². The van der Waals surface area contributed by atoms with Gasteiger partial charge in [0.25, 0.3) is 0 Å². The lowest BCUT2D eigenvalue weighted by Crippen LogP contribution is -2.43. The van der Waals surface area contributed by atoms with Crippen LogP contribution in [0.4, 0.5) is 10.5 Å².